The van der Waals surface area contributed by atoms with Gasteiger partial charge in [0, 0.05) is 30.0 Å². The highest BCUT2D eigenvalue weighted by Crippen LogP contribution is 2.36. The van der Waals surface area contributed by atoms with Crippen molar-refractivity contribution in [2.45, 2.75) is 0 Å². The lowest BCUT2D eigenvalue weighted by Gasteiger charge is -2.15. The number of halogens is 1. The van der Waals surface area contributed by atoms with Gasteiger partial charge in [-0.25, -0.2) is 9.37 Å². The van der Waals surface area contributed by atoms with E-state index < -0.39 is 0 Å². The van der Waals surface area contributed by atoms with Gasteiger partial charge in [-0.3, -0.25) is 4.79 Å². The highest BCUT2D eigenvalue weighted by molar-refractivity contribution is 7.14. The second-order valence-corrected chi connectivity index (χ2v) is 6.26. The molecule has 0 amide bonds. The molecule has 0 radical (unpaired) electrons. The number of fused-ring (bicyclic) bond motifs is 1. The number of aromatic nitrogens is 1. The van der Waals surface area contributed by atoms with Crippen molar-refractivity contribution in [3.05, 3.63) is 35.5 Å². The zero-order valence-corrected chi connectivity index (χ0v) is 12.0. The zero-order valence-electron chi connectivity index (χ0n) is 11.2. The van der Waals surface area contributed by atoms with Gasteiger partial charge in [0.25, 0.3) is 0 Å². The van der Waals surface area contributed by atoms with Crippen molar-refractivity contribution in [1.82, 2.24) is 4.98 Å². The van der Waals surface area contributed by atoms with E-state index in [1.807, 2.05) is 5.38 Å². The molecule has 2 aliphatic heterocycles. The Hall–Kier alpha value is -1.95. The molecule has 0 N–H and O–H groups in total. The van der Waals surface area contributed by atoms with Crippen LogP contribution in [0.15, 0.2) is 29.6 Å². The predicted octanol–water partition coefficient (Wildman–Crippen LogP) is 2.56. The van der Waals surface area contributed by atoms with E-state index in [0.717, 1.165) is 22.9 Å². The molecule has 1 aromatic heterocycles. The van der Waals surface area contributed by atoms with Crippen LogP contribution in [0.2, 0.25) is 0 Å². The molecule has 1 aromatic carbocycles. The molecule has 21 heavy (non-hydrogen) atoms. The number of ether oxygens (including phenoxy) is 1. The van der Waals surface area contributed by atoms with E-state index in [4.69, 9.17) is 4.74 Å². The van der Waals surface area contributed by atoms with Crippen LogP contribution in [0.1, 0.15) is 0 Å². The van der Waals surface area contributed by atoms with Crippen LogP contribution in [0.25, 0.3) is 11.3 Å². The monoisotopic (exact) mass is 304 g/mol. The summed E-state index contributed by atoms with van der Waals surface area (Å²) in [6.07, 6.45) is 0. The number of esters is 1. The maximum atomic E-state index is 13.0. The number of hydrogen-bond acceptors (Lipinski definition) is 5. The Labute approximate surface area is 125 Å². The molecule has 0 spiro atoms. The third-order valence-electron chi connectivity index (χ3n) is 4.09. The van der Waals surface area contributed by atoms with E-state index in [0.29, 0.717) is 13.2 Å². The average Bonchev–Trinajstić information content (AvgIpc) is 3.17. The first kappa shape index (κ1) is 12.8. The van der Waals surface area contributed by atoms with Gasteiger partial charge in [0.2, 0.25) is 0 Å². The van der Waals surface area contributed by atoms with E-state index in [1.54, 1.807) is 23.5 Å². The number of benzene rings is 1. The number of cyclic esters (lactones) is 1. The van der Waals surface area contributed by atoms with Gasteiger partial charge in [0.05, 0.1) is 18.2 Å². The molecule has 0 bridgehead atoms. The maximum absolute atomic E-state index is 13.0. The standard InChI is InChI=1S/C15H13FN2O2S/c16-11-3-1-9(2-4-11)13-8-21-15(17-13)18-5-10-7-20-14(19)12(10)6-18/h1-4,8,10,12H,5-7H2/t10-,12-/m1/s1. The maximum Gasteiger partial charge on any atom is 0.311 e. The number of carbonyl (C=O) groups is 1. The van der Waals surface area contributed by atoms with E-state index >= 15 is 0 Å². The van der Waals surface area contributed by atoms with Crippen molar-refractivity contribution in [2.24, 2.45) is 11.8 Å². The van der Waals surface area contributed by atoms with Gasteiger partial charge in [-0.2, -0.15) is 0 Å². The third kappa shape index (κ3) is 2.19. The number of hydrogen-bond donors (Lipinski definition) is 0. The first-order valence-electron chi connectivity index (χ1n) is 6.84. The summed E-state index contributed by atoms with van der Waals surface area (Å²) < 4.78 is 18.0. The lowest BCUT2D eigenvalue weighted by Crippen LogP contribution is -2.23. The van der Waals surface area contributed by atoms with Gasteiger partial charge in [-0.05, 0) is 24.3 Å². The summed E-state index contributed by atoms with van der Waals surface area (Å²) in [5.74, 6) is -0.0586. The van der Waals surface area contributed by atoms with Crippen LogP contribution in [0.4, 0.5) is 9.52 Å². The highest BCUT2D eigenvalue weighted by atomic mass is 32.1. The summed E-state index contributed by atoms with van der Waals surface area (Å²) in [7, 11) is 0. The molecule has 4 nitrogen and oxygen atoms in total. The molecule has 2 aliphatic rings. The number of thiazole rings is 1. The predicted molar refractivity (Wildman–Crippen MR) is 77.7 cm³/mol. The smallest absolute Gasteiger partial charge is 0.311 e. The van der Waals surface area contributed by atoms with Gasteiger partial charge < -0.3 is 9.64 Å². The lowest BCUT2D eigenvalue weighted by atomic mass is 10.0. The topological polar surface area (TPSA) is 42.4 Å². The van der Waals surface area contributed by atoms with Crippen molar-refractivity contribution >= 4 is 22.4 Å². The van der Waals surface area contributed by atoms with Gasteiger partial charge in [0.15, 0.2) is 5.13 Å². The normalized spacial score (nSPS) is 24.2. The number of anilines is 1. The SMILES string of the molecule is O=C1OC[C@H]2CN(c3nc(-c4ccc(F)cc4)cs3)C[C@@H]12. The number of carbonyl (C=O) groups excluding carboxylic acids is 1. The molecule has 2 atom stereocenters. The Balaban J connectivity index is 1.55. The molecular weight excluding hydrogens is 291 g/mol. The first-order valence-corrected chi connectivity index (χ1v) is 7.72. The molecular formula is C15H13FN2O2S. The van der Waals surface area contributed by atoms with Gasteiger partial charge in [-0.15, -0.1) is 11.3 Å². The summed E-state index contributed by atoms with van der Waals surface area (Å²) in [4.78, 5) is 18.4. The highest BCUT2D eigenvalue weighted by Gasteiger charge is 2.44. The third-order valence-corrected chi connectivity index (χ3v) is 4.99. The minimum Gasteiger partial charge on any atom is -0.465 e. The largest absolute Gasteiger partial charge is 0.465 e. The zero-order chi connectivity index (χ0) is 14.4. The van der Waals surface area contributed by atoms with Crippen LogP contribution in [-0.4, -0.2) is 30.6 Å². The Morgan fingerprint density at radius 3 is 2.86 bits per heavy atom. The molecule has 6 heteroatoms. The summed E-state index contributed by atoms with van der Waals surface area (Å²) >= 11 is 1.55. The van der Waals surface area contributed by atoms with Crippen LogP contribution in [0.5, 0.6) is 0 Å². The Bertz CT molecular complexity index is 685. The van der Waals surface area contributed by atoms with Crippen LogP contribution in [0.3, 0.4) is 0 Å². The number of rotatable bonds is 2. The quantitative estimate of drug-likeness (QED) is 0.800. The van der Waals surface area contributed by atoms with Crippen molar-refractivity contribution < 1.29 is 13.9 Å². The molecule has 0 saturated carbocycles. The summed E-state index contributed by atoms with van der Waals surface area (Å²) in [6, 6.07) is 6.32. The Kier molecular flexibility index (Phi) is 2.92. The Morgan fingerprint density at radius 2 is 2.10 bits per heavy atom. The summed E-state index contributed by atoms with van der Waals surface area (Å²) in [5.41, 5.74) is 1.74. The van der Waals surface area contributed by atoms with Crippen LogP contribution >= 0.6 is 11.3 Å². The minimum atomic E-state index is -0.250. The van der Waals surface area contributed by atoms with E-state index in [-0.39, 0.29) is 23.6 Å². The molecule has 3 heterocycles. The van der Waals surface area contributed by atoms with Crippen LogP contribution in [-0.2, 0) is 9.53 Å². The van der Waals surface area contributed by atoms with Crippen molar-refractivity contribution in [3.8, 4) is 11.3 Å². The molecule has 2 fully saturated rings. The first-order chi connectivity index (χ1) is 10.2. The van der Waals surface area contributed by atoms with Gasteiger partial charge >= 0.3 is 5.97 Å². The van der Waals surface area contributed by atoms with Gasteiger partial charge in [0.1, 0.15) is 5.82 Å². The number of nitrogens with zero attached hydrogens (tertiary/aromatic N) is 2. The van der Waals surface area contributed by atoms with Crippen LogP contribution < -0.4 is 4.90 Å². The van der Waals surface area contributed by atoms with E-state index in [2.05, 4.69) is 9.88 Å². The fourth-order valence-corrected chi connectivity index (χ4v) is 3.78. The van der Waals surface area contributed by atoms with Crippen molar-refractivity contribution in [3.63, 3.8) is 0 Å². The summed E-state index contributed by atoms with van der Waals surface area (Å²) in [5, 5.41) is 2.88. The van der Waals surface area contributed by atoms with E-state index in [1.165, 1.54) is 12.1 Å². The molecule has 108 valence electrons. The van der Waals surface area contributed by atoms with E-state index in [9.17, 15) is 9.18 Å². The minimum absolute atomic E-state index is 0.0110. The fraction of sp³-hybridized carbons (Fsp3) is 0.333. The Morgan fingerprint density at radius 1 is 1.29 bits per heavy atom. The van der Waals surface area contributed by atoms with Crippen molar-refractivity contribution in [2.75, 3.05) is 24.6 Å². The fourth-order valence-electron chi connectivity index (χ4n) is 2.92. The molecule has 2 aromatic rings. The molecule has 0 aliphatic carbocycles. The van der Waals surface area contributed by atoms with Gasteiger partial charge in [-0.1, -0.05) is 0 Å². The lowest BCUT2D eigenvalue weighted by molar-refractivity contribution is -0.140. The van der Waals surface area contributed by atoms with Crippen LogP contribution in [0, 0.1) is 17.7 Å². The molecule has 2 saturated heterocycles. The summed E-state index contributed by atoms with van der Waals surface area (Å²) in [6.45, 7) is 2.02. The second-order valence-electron chi connectivity index (χ2n) is 5.42. The molecule has 0 unspecified atom stereocenters. The second kappa shape index (κ2) is 4.80. The van der Waals surface area contributed by atoms with Crippen molar-refractivity contribution in [1.29, 1.82) is 0 Å². The molecule has 4 rings (SSSR count). The average molecular weight is 304 g/mol.